The predicted molar refractivity (Wildman–Crippen MR) is 61.3 cm³/mol. The van der Waals surface area contributed by atoms with Gasteiger partial charge in [-0.3, -0.25) is 0 Å². The topological polar surface area (TPSA) is 12.0 Å². The molecule has 2 aliphatic carbocycles. The van der Waals surface area contributed by atoms with Crippen molar-refractivity contribution in [1.29, 1.82) is 0 Å². The van der Waals surface area contributed by atoms with E-state index < -0.39 is 0 Å². The van der Waals surface area contributed by atoms with E-state index in [1.807, 2.05) is 0 Å². The second-order valence-corrected chi connectivity index (χ2v) is 5.72. The van der Waals surface area contributed by atoms with Crippen LogP contribution in [-0.4, -0.2) is 13.6 Å². The van der Waals surface area contributed by atoms with Gasteiger partial charge in [0.1, 0.15) is 0 Å². The van der Waals surface area contributed by atoms with Crippen LogP contribution in [0.5, 0.6) is 0 Å². The molecule has 0 spiro atoms. The summed E-state index contributed by atoms with van der Waals surface area (Å²) in [4.78, 5) is 0. The van der Waals surface area contributed by atoms with Gasteiger partial charge in [0, 0.05) is 6.54 Å². The molecule has 0 aromatic carbocycles. The van der Waals surface area contributed by atoms with E-state index >= 15 is 0 Å². The molecule has 0 aromatic rings. The molecule has 0 aliphatic heterocycles. The number of nitrogens with one attached hydrogen (secondary N) is 1. The lowest BCUT2D eigenvalue weighted by molar-refractivity contribution is 0.161. The third kappa shape index (κ3) is 1.84. The highest BCUT2D eigenvalue weighted by molar-refractivity contribution is 4.95. The van der Waals surface area contributed by atoms with Crippen molar-refractivity contribution in [3.8, 4) is 0 Å². The molecule has 14 heavy (non-hydrogen) atoms. The van der Waals surface area contributed by atoms with Crippen molar-refractivity contribution in [2.45, 2.75) is 51.9 Å². The van der Waals surface area contributed by atoms with Crippen LogP contribution < -0.4 is 5.32 Å². The molecule has 1 nitrogen and oxygen atoms in total. The number of rotatable bonds is 3. The van der Waals surface area contributed by atoms with Crippen molar-refractivity contribution in [3.63, 3.8) is 0 Å². The van der Waals surface area contributed by atoms with Gasteiger partial charge in [-0.15, -0.1) is 0 Å². The van der Waals surface area contributed by atoms with Crippen molar-refractivity contribution >= 4 is 0 Å². The maximum atomic E-state index is 3.45. The normalized spacial score (nSPS) is 39.4. The summed E-state index contributed by atoms with van der Waals surface area (Å²) in [5, 5.41) is 3.45. The van der Waals surface area contributed by atoms with Crippen LogP contribution in [0.25, 0.3) is 0 Å². The van der Waals surface area contributed by atoms with E-state index in [1.54, 1.807) is 0 Å². The maximum absolute atomic E-state index is 3.45. The number of hydrogen-bond donors (Lipinski definition) is 1. The van der Waals surface area contributed by atoms with Crippen molar-refractivity contribution in [3.05, 3.63) is 0 Å². The Balaban J connectivity index is 2.05. The Bertz CT molecular complexity index is 180. The molecule has 1 N–H and O–H groups in total. The monoisotopic (exact) mass is 195 g/mol. The van der Waals surface area contributed by atoms with Gasteiger partial charge in [-0.1, -0.05) is 26.2 Å². The lowest BCUT2D eigenvalue weighted by atomic mass is 9.72. The fourth-order valence-corrected chi connectivity index (χ4v) is 4.00. The van der Waals surface area contributed by atoms with Gasteiger partial charge >= 0.3 is 0 Å². The van der Waals surface area contributed by atoms with Crippen LogP contribution in [0.4, 0.5) is 0 Å². The summed E-state index contributed by atoms with van der Waals surface area (Å²) in [5.41, 5.74) is 0.685. The summed E-state index contributed by atoms with van der Waals surface area (Å²) in [6.07, 6.45) is 10.4. The summed E-state index contributed by atoms with van der Waals surface area (Å²) in [5.74, 6) is 2.02. The average Bonchev–Trinajstić information content (AvgIpc) is 2.75. The van der Waals surface area contributed by atoms with E-state index in [-0.39, 0.29) is 0 Å². The Hall–Kier alpha value is -0.0400. The largest absolute Gasteiger partial charge is 0.319 e. The minimum absolute atomic E-state index is 0.685. The van der Waals surface area contributed by atoms with Crippen molar-refractivity contribution in [2.75, 3.05) is 13.6 Å². The molecule has 0 saturated heterocycles. The minimum atomic E-state index is 0.685. The molecular formula is C13H25N. The quantitative estimate of drug-likeness (QED) is 0.729. The summed E-state index contributed by atoms with van der Waals surface area (Å²) in [7, 11) is 2.12. The van der Waals surface area contributed by atoms with Gasteiger partial charge in [0.05, 0.1) is 0 Å². The van der Waals surface area contributed by atoms with Gasteiger partial charge in [-0.2, -0.15) is 0 Å². The van der Waals surface area contributed by atoms with Crippen LogP contribution in [0.15, 0.2) is 0 Å². The average molecular weight is 195 g/mol. The van der Waals surface area contributed by atoms with Gasteiger partial charge in [0.15, 0.2) is 0 Å². The van der Waals surface area contributed by atoms with Crippen LogP contribution in [0.2, 0.25) is 0 Å². The first kappa shape index (κ1) is 10.5. The summed E-state index contributed by atoms with van der Waals surface area (Å²) >= 11 is 0. The lowest BCUT2D eigenvalue weighted by Gasteiger charge is -2.35. The van der Waals surface area contributed by atoms with Crippen LogP contribution in [0.3, 0.4) is 0 Å². The smallest absolute Gasteiger partial charge is 0.000756 e. The first-order chi connectivity index (χ1) is 6.77. The van der Waals surface area contributed by atoms with Gasteiger partial charge < -0.3 is 5.32 Å². The zero-order valence-electron chi connectivity index (χ0n) is 9.81. The van der Waals surface area contributed by atoms with E-state index in [4.69, 9.17) is 0 Å². The van der Waals surface area contributed by atoms with E-state index in [9.17, 15) is 0 Å². The zero-order valence-corrected chi connectivity index (χ0v) is 9.81. The molecule has 0 radical (unpaired) electrons. The molecule has 2 fully saturated rings. The van der Waals surface area contributed by atoms with E-state index in [2.05, 4.69) is 19.3 Å². The van der Waals surface area contributed by atoms with Gasteiger partial charge in [0.2, 0.25) is 0 Å². The van der Waals surface area contributed by atoms with E-state index in [1.165, 1.54) is 51.5 Å². The molecule has 0 bridgehead atoms. The molecule has 0 aromatic heterocycles. The van der Waals surface area contributed by atoms with Crippen molar-refractivity contribution in [2.24, 2.45) is 17.3 Å². The molecule has 2 unspecified atom stereocenters. The van der Waals surface area contributed by atoms with Crippen LogP contribution in [0.1, 0.15) is 51.9 Å². The highest BCUT2D eigenvalue weighted by Gasteiger charge is 2.43. The Morgan fingerprint density at radius 1 is 1.21 bits per heavy atom. The molecular weight excluding hydrogens is 170 g/mol. The Labute approximate surface area is 88.7 Å². The van der Waals surface area contributed by atoms with Gasteiger partial charge in [-0.25, -0.2) is 0 Å². The first-order valence-electron chi connectivity index (χ1n) is 6.41. The van der Waals surface area contributed by atoms with Crippen LogP contribution in [-0.2, 0) is 0 Å². The molecule has 0 amide bonds. The molecule has 82 valence electrons. The fourth-order valence-electron chi connectivity index (χ4n) is 4.00. The van der Waals surface area contributed by atoms with Crippen molar-refractivity contribution < 1.29 is 0 Å². The maximum Gasteiger partial charge on any atom is 0.000756 e. The molecule has 1 heteroatoms. The molecule has 2 aliphatic rings. The predicted octanol–water partition coefficient (Wildman–Crippen LogP) is 3.20. The number of hydrogen-bond acceptors (Lipinski definition) is 1. The molecule has 2 atom stereocenters. The van der Waals surface area contributed by atoms with Crippen molar-refractivity contribution in [1.82, 2.24) is 5.32 Å². The third-order valence-corrected chi connectivity index (χ3v) is 4.64. The van der Waals surface area contributed by atoms with Gasteiger partial charge in [0.25, 0.3) is 0 Å². The van der Waals surface area contributed by atoms with Crippen LogP contribution in [0, 0.1) is 17.3 Å². The molecule has 2 rings (SSSR count). The summed E-state index contributed by atoms with van der Waals surface area (Å²) in [6.45, 7) is 3.70. The van der Waals surface area contributed by atoms with Crippen LogP contribution >= 0.6 is 0 Å². The van der Waals surface area contributed by atoms with Gasteiger partial charge in [-0.05, 0) is 50.0 Å². The van der Waals surface area contributed by atoms with E-state index in [0.717, 1.165) is 11.8 Å². The Kier molecular flexibility index (Phi) is 3.16. The highest BCUT2D eigenvalue weighted by Crippen LogP contribution is 2.51. The first-order valence-corrected chi connectivity index (χ1v) is 6.41. The summed E-state index contributed by atoms with van der Waals surface area (Å²) < 4.78 is 0. The third-order valence-electron chi connectivity index (χ3n) is 4.64. The fraction of sp³-hybridized carbons (Fsp3) is 1.00. The van der Waals surface area contributed by atoms with E-state index in [0.29, 0.717) is 5.41 Å². The second kappa shape index (κ2) is 4.22. The summed E-state index contributed by atoms with van der Waals surface area (Å²) in [6, 6.07) is 0. The standard InChI is InChI=1S/C13H25N/c1-11-7-8-13(9-11,10-14-2)12-5-3-4-6-12/h11-12,14H,3-10H2,1-2H3. The Morgan fingerprint density at radius 3 is 2.43 bits per heavy atom. The second-order valence-electron chi connectivity index (χ2n) is 5.72. The minimum Gasteiger partial charge on any atom is -0.319 e. The lowest BCUT2D eigenvalue weighted by Crippen LogP contribution is -2.36. The highest BCUT2D eigenvalue weighted by atomic mass is 14.8. The Morgan fingerprint density at radius 2 is 1.93 bits per heavy atom. The zero-order chi connectivity index (χ0) is 10.0. The molecule has 0 heterocycles. The SMILES string of the molecule is CNCC1(C2CCCC2)CCC(C)C1. The molecule has 2 saturated carbocycles.